The van der Waals surface area contributed by atoms with Crippen LogP contribution in [0.4, 0.5) is 3.50 Å². The van der Waals surface area contributed by atoms with E-state index in [0.29, 0.717) is 19.8 Å². The molecule has 1 rings (SSSR count). The average molecular weight is 458 g/mol. The third-order valence-electron chi connectivity index (χ3n) is 1.26. The van der Waals surface area contributed by atoms with Gasteiger partial charge in [0.1, 0.15) is 0 Å². The fourth-order valence-corrected chi connectivity index (χ4v) is 0.340. The minimum absolute atomic E-state index is 0. The van der Waals surface area contributed by atoms with Gasteiger partial charge in [-0.25, -0.2) is 12.2 Å². The van der Waals surface area contributed by atoms with Crippen LogP contribution in [0.3, 0.4) is 0 Å². The summed E-state index contributed by atoms with van der Waals surface area (Å²) >= 11 is -1.83. The summed E-state index contributed by atoms with van der Waals surface area (Å²) < 4.78 is 11.2. The molecule has 133 valence electrons. The van der Waals surface area contributed by atoms with Gasteiger partial charge < -0.3 is 15.3 Å². The SMILES string of the molecule is CCCO.CCCO.CCCO.[C-]1=CC=CC1.[CH3][Ge]([CH3])[F].[Zr]. The number of allylic oxidation sites excluding steroid dienone is 4. The average Bonchev–Trinajstić information content (AvgIpc) is 3.06. The fourth-order valence-electron chi connectivity index (χ4n) is 0.340. The molecule has 6 heteroatoms. The van der Waals surface area contributed by atoms with Crippen molar-refractivity contribution in [1.82, 2.24) is 0 Å². The zero-order valence-electron chi connectivity index (χ0n) is 14.9. The summed E-state index contributed by atoms with van der Waals surface area (Å²) in [5.41, 5.74) is 0. The summed E-state index contributed by atoms with van der Waals surface area (Å²) in [5, 5.41) is 23.6. The van der Waals surface area contributed by atoms with Crippen molar-refractivity contribution in [2.24, 2.45) is 0 Å². The monoisotopic (exact) mass is 458 g/mol. The molecule has 0 aromatic carbocycles. The van der Waals surface area contributed by atoms with E-state index in [4.69, 9.17) is 15.3 Å². The Morgan fingerprint density at radius 2 is 1.23 bits per heavy atom. The van der Waals surface area contributed by atoms with Crippen LogP contribution in [-0.2, 0) is 26.2 Å². The number of aliphatic hydroxyl groups is 3. The molecular formula is C16H35FGeO3Zr-. The van der Waals surface area contributed by atoms with Gasteiger partial charge in [-0.05, 0) is 19.3 Å². The quantitative estimate of drug-likeness (QED) is 0.447. The minimum Gasteiger partial charge on any atom is 0 e. The van der Waals surface area contributed by atoms with Gasteiger partial charge in [-0.2, -0.15) is 6.08 Å². The zero-order chi connectivity index (χ0) is 17.4. The molecular weight excluding hydrogens is 423 g/mol. The van der Waals surface area contributed by atoms with Crippen molar-refractivity contribution in [3.05, 3.63) is 24.3 Å². The minimum atomic E-state index is -1.83. The van der Waals surface area contributed by atoms with Gasteiger partial charge >= 0.3 is 29.8 Å². The molecule has 0 amide bonds. The number of halogens is 1. The van der Waals surface area contributed by atoms with Crippen LogP contribution in [0.1, 0.15) is 46.5 Å². The first-order valence-electron chi connectivity index (χ1n) is 7.48. The van der Waals surface area contributed by atoms with Crippen LogP contribution >= 0.6 is 0 Å². The van der Waals surface area contributed by atoms with Crippen LogP contribution in [-0.4, -0.2) is 50.0 Å². The van der Waals surface area contributed by atoms with Crippen molar-refractivity contribution in [3.8, 4) is 0 Å². The van der Waals surface area contributed by atoms with E-state index in [9.17, 15) is 3.50 Å². The molecule has 1 aliphatic carbocycles. The second kappa shape index (κ2) is 43.0. The third-order valence-corrected chi connectivity index (χ3v) is 1.26. The van der Waals surface area contributed by atoms with Crippen molar-refractivity contribution in [1.29, 1.82) is 0 Å². The molecule has 0 saturated carbocycles. The summed E-state index contributed by atoms with van der Waals surface area (Å²) in [4.78, 5) is 0. The van der Waals surface area contributed by atoms with Crippen molar-refractivity contribution in [3.63, 3.8) is 0 Å². The Bertz CT molecular complexity index is 164. The normalized spacial score (nSPS) is 9.73. The Kier molecular flexibility index (Phi) is 66.8. The van der Waals surface area contributed by atoms with E-state index in [-0.39, 0.29) is 26.2 Å². The van der Waals surface area contributed by atoms with Gasteiger partial charge in [0.05, 0.1) is 0 Å². The molecule has 0 aromatic rings. The maximum atomic E-state index is 11.2. The number of hydrogen-bond donors (Lipinski definition) is 3. The van der Waals surface area contributed by atoms with Crippen molar-refractivity contribution < 1.29 is 45.0 Å². The van der Waals surface area contributed by atoms with Crippen LogP contribution in [0.25, 0.3) is 0 Å². The Balaban J connectivity index is -0.0000000544. The van der Waals surface area contributed by atoms with Gasteiger partial charge in [0.25, 0.3) is 0 Å². The maximum Gasteiger partial charge on any atom is 0 e. The molecule has 0 bridgehead atoms. The van der Waals surface area contributed by atoms with Gasteiger partial charge in [-0.15, -0.1) is 6.42 Å². The largest absolute Gasteiger partial charge is 0 e. The molecule has 0 atom stereocenters. The summed E-state index contributed by atoms with van der Waals surface area (Å²) in [6.45, 7) is 6.75. The molecule has 0 aromatic heterocycles. The maximum absolute atomic E-state index is 11.2. The number of rotatable bonds is 3. The van der Waals surface area contributed by atoms with E-state index < -0.39 is 14.8 Å². The van der Waals surface area contributed by atoms with Gasteiger partial charge in [-0.1, -0.05) is 20.8 Å². The Morgan fingerprint density at radius 1 is 0.955 bits per heavy atom. The Hall–Kier alpha value is 0.716. The first-order valence-corrected chi connectivity index (χ1v) is 12.5. The second-order valence-corrected chi connectivity index (χ2v) is 7.74. The predicted molar refractivity (Wildman–Crippen MR) is 92.3 cm³/mol. The first-order chi connectivity index (χ1) is 9.97. The van der Waals surface area contributed by atoms with Crippen LogP contribution in [0.2, 0.25) is 11.5 Å². The fraction of sp³-hybridized carbons (Fsp3) is 0.750. The van der Waals surface area contributed by atoms with E-state index >= 15 is 0 Å². The zero-order valence-corrected chi connectivity index (χ0v) is 19.5. The standard InChI is InChI=1S/C5H5.3C3H8O.C2H6FGe.Zr/c1-2-4-5-3-1;3*1-2-3-4;1-4(2)3;/h1-3H,4H2;3*4H,2-3H2,1H3;1-2H3;/q-1;;;;;. The van der Waals surface area contributed by atoms with Crippen LogP contribution in [0.5, 0.6) is 0 Å². The van der Waals surface area contributed by atoms with E-state index in [1.807, 2.05) is 32.9 Å². The molecule has 0 spiro atoms. The summed E-state index contributed by atoms with van der Waals surface area (Å²) in [6.07, 6.45) is 12.6. The molecule has 3 N–H and O–H groups in total. The molecule has 0 heterocycles. The molecule has 1 radical (unpaired) electrons. The second-order valence-electron chi connectivity index (χ2n) is 4.05. The molecule has 3 nitrogen and oxygen atoms in total. The smallest absolute Gasteiger partial charge is 0 e. The molecule has 0 aliphatic heterocycles. The van der Waals surface area contributed by atoms with E-state index in [1.165, 1.54) is 0 Å². The van der Waals surface area contributed by atoms with Gasteiger partial charge in [0, 0.05) is 46.0 Å². The number of aliphatic hydroxyl groups excluding tert-OH is 3. The summed E-state index contributed by atoms with van der Waals surface area (Å²) in [7, 11) is 0. The van der Waals surface area contributed by atoms with E-state index in [1.54, 1.807) is 11.5 Å². The predicted octanol–water partition coefficient (Wildman–Crippen LogP) is 3.68. The Labute approximate surface area is 161 Å². The molecule has 22 heavy (non-hydrogen) atoms. The van der Waals surface area contributed by atoms with Gasteiger partial charge in [0.15, 0.2) is 0 Å². The van der Waals surface area contributed by atoms with Gasteiger partial charge in [-0.3, -0.25) is 6.08 Å². The van der Waals surface area contributed by atoms with Crippen molar-refractivity contribution >= 4 is 14.8 Å². The molecule has 0 unspecified atom stereocenters. The van der Waals surface area contributed by atoms with Crippen molar-refractivity contribution in [2.45, 2.75) is 58.0 Å². The molecule has 0 fully saturated rings. The van der Waals surface area contributed by atoms with Gasteiger partial charge in [0.2, 0.25) is 0 Å². The van der Waals surface area contributed by atoms with E-state index in [2.05, 4.69) is 12.2 Å². The van der Waals surface area contributed by atoms with E-state index in [0.717, 1.165) is 25.7 Å². The third kappa shape index (κ3) is 106. The summed E-state index contributed by atoms with van der Waals surface area (Å²) in [5.74, 6) is 3.33. The van der Waals surface area contributed by atoms with Crippen LogP contribution in [0, 0.1) is 6.08 Å². The molecule has 1 aliphatic rings. The topological polar surface area (TPSA) is 60.7 Å². The Morgan fingerprint density at radius 3 is 1.27 bits per heavy atom. The van der Waals surface area contributed by atoms with Crippen molar-refractivity contribution in [2.75, 3.05) is 19.8 Å². The summed E-state index contributed by atoms with van der Waals surface area (Å²) in [6, 6.07) is 0. The molecule has 0 saturated heterocycles. The number of hydrogen-bond acceptors (Lipinski definition) is 3. The van der Waals surface area contributed by atoms with Crippen LogP contribution < -0.4 is 0 Å². The van der Waals surface area contributed by atoms with Crippen LogP contribution in [0.15, 0.2) is 18.2 Å². The first kappa shape index (κ1) is 34.1.